The van der Waals surface area contributed by atoms with Gasteiger partial charge >= 0.3 is 0 Å². The first-order chi connectivity index (χ1) is 13.6. The minimum Gasteiger partial charge on any atom is -0.356 e. The molecule has 2 heteroatoms. The predicted octanol–water partition coefficient (Wildman–Crippen LogP) is 7.68. The Morgan fingerprint density at radius 1 is 1.11 bits per heavy atom. The normalized spacial score (nSPS) is 11.5. The maximum absolute atomic E-state index is 4.50. The van der Waals surface area contributed by atoms with E-state index in [1.165, 1.54) is 16.8 Å². The summed E-state index contributed by atoms with van der Waals surface area (Å²) in [6.07, 6.45) is 9.36. The lowest BCUT2D eigenvalue weighted by atomic mass is 10.0. The molecule has 0 saturated heterocycles. The largest absolute Gasteiger partial charge is 0.356 e. The van der Waals surface area contributed by atoms with E-state index in [9.17, 15) is 0 Å². The number of hydrogen-bond donors (Lipinski definition) is 1. The van der Waals surface area contributed by atoms with Crippen LogP contribution in [0.4, 0.5) is 0 Å². The van der Waals surface area contributed by atoms with Gasteiger partial charge in [0, 0.05) is 23.2 Å². The van der Waals surface area contributed by atoms with Gasteiger partial charge in [0.25, 0.3) is 0 Å². The van der Waals surface area contributed by atoms with Gasteiger partial charge in [-0.05, 0) is 55.5 Å². The zero-order valence-electron chi connectivity index (χ0n) is 18.5. The lowest BCUT2D eigenvalue weighted by Crippen LogP contribution is -2.12. The van der Waals surface area contributed by atoms with Crippen LogP contribution in [0.15, 0.2) is 72.6 Å². The first-order valence-electron chi connectivity index (χ1n) is 10.4. The summed E-state index contributed by atoms with van der Waals surface area (Å²) in [5.41, 5.74) is 7.97. The molecule has 0 saturated carbocycles. The van der Waals surface area contributed by atoms with Crippen molar-refractivity contribution in [1.82, 2.24) is 10.3 Å². The van der Waals surface area contributed by atoms with E-state index in [2.05, 4.69) is 80.1 Å². The van der Waals surface area contributed by atoms with Gasteiger partial charge in [-0.1, -0.05) is 77.1 Å². The van der Waals surface area contributed by atoms with Crippen molar-refractivity contribution in [3.63, 3.8) is 0 Å². The maximum atomic E-state index is 4.50. The molecule has 0 spiro atoms. The minimum atomic E-state index is 0.921. The van der Waals surface area contributed by atoms with Crippen molar-refractivity contribution in [3.8, 4) is 11.3 Å². The summed E-state index contributed by atoms with van der Waals surface area (Å²) < 4.78 is 0. The first-order valence-corrected chi connectivity index (χ1v) is 10.4. The molecule has 1 heterocycles. The van der Waals surface area contributed by atoms with E-state index in [0.717, 1.165) is 41.8 Å². The van der Waals surface area contributed by atoms with Gasteiger partial charge in [0.1, 0.15) is 0 Å². The van der Waals surface area contributed by atoms with E-state index in [4.69, 9.17) is 0 Å². The molecule has 0 radical (unpaired) electrons. The zero-order chi connectivity index (χ0) is 20.9. The summed E-state index contributed by atoms with van der Waals surface area (Å²) in [5.74, 6) is 0. The van der Waals surface area contributed by atoms with Crippen LogP contribution in [0.5, 0.6) is 0 Å². The van der Waals surface area contributed by atoms with E-state index < -0.39 is 0 Å². The number of allylic oxidation sites excluding steroid dienone is 3. The Morgan fingerprint density at radius 3 is 2.32 bits per heavy atom. The van der Waals surface area contributed by atoms with Crippen molar-refractivity contribution in [1.29, 1.82) is 0 Å². The van der Waals surface area contributed by atoms with Crippen molar-refractivity contribution in [2.75, 3.05) is 0 Å². The Hall–Kier alpha value is -2.61. The van der Waals surface area contributed by atoms with Gasteiger partial charge < -0.3 is 5.32 Å². The highest BCUT2D eigenvalue weighted by atomic mass is 14.9. The van der Waals surface area contributed by atoms with Crippen LogP contribution in [0.2, 0.25) is 0 Å². The number of hydrogen-bond acceptors (Lipinski definition) is 2. The van der Waals surface area contributed by atoms with E-state index in [1.807, 2.05) is 33.0 Å². The number of aromatic nitrogens is 1. The lowest BCUT2D eigenvalue weighted by Gasteiger charge is -2.16. The quantitative estimate of drug-likeness (QED) is 0.478. The molecule has 1 aromatic carbocycles. The van der Waals surface area contributed by atoms with Gasteiger partial charge in [-0.2, -0.15) is 0 Å². The topological polar surface area (TPSA) is 24.9 Å². The van der Waals surface area contributed by atoms with Gasteiger partial charge in [-0.25, -0.2) is 0 Å². The van der Waals surface area contributed by atoms with Crippen molar-refractivity contribution in [2.24, 2.45) is 0 Å². The van der Waals surface area contributed by atoms with Crippen LogP contribution in [0.3, 0.4) is 0 Å². The maximum Gasteiger partial charge on any atom is 0.0731 e. The van der Waals surface area contributed by atoms with Crippen molar-refractivity contribution >= 4 is 5.70 Å². The van der Waals surface area contributed by atoms with Crippen LogP contribution in [0, 0.1) is 6.92 Å². The molecule has 0 atom stereocenters. The molecular weight excluding hydrogens is 340 g/mol. The molecule has 0 bridgehead atoms. The van der Waals surface area contributed by atoms with Gasteiger partial charge in [0.15, 0.2) is 0 Å². The molecule has 2 aromatic rings. The van der Waals surface area contributed by atoms with E-state index in [0.29, 0.717) is 0 Å². The third-order valence-corrected chi connectivity index (χ3v) is 4.49. The Morgan fingerprint density at radius 2 is 1.79 bits per heavy atom. The summed E-state index contributed by atoms with van der Waals surface area (Å²) in [4.78, 5) is 4.50. The fourth-order valence-corrected chi connectivity index (χ4v) is 3.07. The molecule has 0 aliphatic rings. The van der Waals surface area contributed by atoms with E-state index >= 15 is 0 Å². The average Bonchev–Trinajstić information content (AvgIpc) is 2.73. The van der Waals surface area contributed by atoms with Crippen LogP contribution in [-0.4, -0.2) is 4.98 Å². The summed E-state index contributed by atoms with van der Waals surface area (Å²) in [6.45, 7) is 16.8. The summed E-state index contributed by atoms with van der Waals surface area (Å²) in [7, 11) is 0. The smallest absolute Gasteiger partial charge is 0.0731 e. The number of pyridine rings is 1. The van der Waals surface area contributed by atoms with Crippen LogP contribution in [0.1, 0.15) is 65.0 Å². The number of nitrogens with zero attached hydrogens (tertiary/aromatic N) is 1. The van der Waals surface area contributed by atoms with Gasteiger partial charge in [-0.3, -0.25) is 4.98 Å². The van der Waals surface area contributed by atoms with Gasteiger partial charge in [-0.15, -0.1) is 0 Å². The highest BCUT2D eigenvalue weighted by Crippen LogP contribution is 2.23. The zero-order valence-corrected chi connectivity index (χ0v) is 18.5. The SMILES string of the molecule is C=C(NC(/C=C\C)=C(/CC)CCC)c1ccc(-c2ncccc2C)cc1.CC. The fraction of sp³-hybridized carbons (Fsp3) is 0.346. The molecule has 0 aliphatic carbocycles. The van der Waals surface area contributed by atoms with Crippen LogP contribution >= 0.6 is 0 Å². The number of nitrogens with one attached hydrogen (secondary N) is 1. The Balaban J connectivity index is 0.00000190. The van der Waals surface area contributed by atoms with Gasteiger partial charge in [0.05, 0.1) is 5.69 Å². The minimum absolute atomic E-state index is 0.921. The second-order valence-corrected chi connectivity index (χ2v) is 6.47. The van der Waals surface area contributed by atoms with E-state index in [-0.39, 0.29) is 0 Å². The Labute approximate surface area is 172 Å². The molecule has 0 amide bonds. The molecule has 1 N–H and O–H groups in total. The molecule has 2 rings (SSSR count). The third-order valence-electron chi connectivity index (χ3n) is 4.49. The summed E-state index contributed by atoms with van der Waals surface area (Å²) >= 11 is 0. The monoisotopic (exact) mass is 376 g/mol. The van der Waals surface area contributed by atoms with Gasteiger partial charge in [0.2, 0.25) is 0 Å². The number of rotatable bonds is 8. The first kappa shape index (κ1) is 23.4. The summed E-state index contributed by atoms with van der Waals surface area (Å²) in [6, 6.07) is 12.5. The highest BCUT2D eigenvalue weighted by Gasteiger charge is 2.07. The standard InChI is InChI=1S/C24H30N2.C2H6/c1-6-10-20(8-3)23(11-7-2)26-19(5)21-13-15-22(16-14-21)24-18(4)12-9-17-25-24;1-2/h7,9,11-17,26H,5-6,8,10H2,1-4H3;1-2H3/b11-7-,23-20-;. The third kappa shape index (κ3) is 6.53. The fourth-order valence-electron chi connectivity index (χ4n) is 3.07. The molecule has 0 unspecified atom stereocenters. The number of benzene rings is 1. The molecule has 0 fully saturated rings. The van der Waals surface area contributed by atoms with Crippen LogP contribution in [0.25, 0.3) is 17.0 Å². The second-order valence-electron chi connectivity index (χ2n) is 6.47. The molecule has 2 nitrogen and oxygen atoms in total. The molecule has 0 aliphatic heterocycles. The average molecular weight is 377 g/mol. The van der Waals surface area contributed by atoms with Crippen molar-refractivity contribution < 1.29 is 0 Å². The Bertz CT molecular complexity index is 795. The molecule has 150 valence electrons. The highest BCUT2D eigenvalue weighted by molar-refractivity contribution is 5.69. The van der Waals surface area contributed by atoms with Crippen LogP contribution < -0.4 is 5.32 Å². The van der Waals surface area contributed by atoms with Crippen molar-refractivity contribution in [3.05, 3.63) is 83.7 Å². The lowest BCUT2D eigenvalue weighted by molar-refractivity contribution is 0.832. The Kier molecular flexibility index (Phi) is 10.6. The second kappa shape index (κ2) is 12.7. The molecule has 28 heavy (non-hydrogen) atoms. The van der Waals surface area contributed by atoms with Crippen molar-refractivity contribution in [2.45, 2.75) is 60.8 Å². The number of aryl methyl sites for hydroxylation is 1. The molecular formula is C26H36N2. The summed E-state index contributed by atoms with van der Waals surface area (Å²) in [5, 5.41) is 3.52. The van der Waals surface area contributed by atoms with E-state index in [1.54, 1.807) is 0 Å². The predicted molar refractivity (Wildman–Crippen MR) is 125 cm³/mol. The van der Waals surface area contributed by atoms with Crippen LogP contribution in [-0.2, 0) is 0 Å². The molecule has 1 aromatic heterocycles.